The molecule has 10 nitrogen and oxygen atoms in total. The molecule has 4 heterocycles. The van der Waals surface area contributed by atoms with Gasteiger partial charge in [0, 0.05) is 37.3 Å². The summed E-state index contributed by atoms with van der Waals surface area (Å²) in [6.07, 6.45) is 0. The fourth-order valence-corrected chi connectivity index (χ4v) is 5.10. The number of rotatable bonds is 5. The highest BCUT2D eigenvalue weighted by Crippen LogP contribution is 2.29. The summed E-state index contributed by atoms with van der Waals surface area (Å²) in [7, 11) is 1.68. The first-order chi connectivity index (χ1) is 18.0. The van der Waals surface area contributed by atoms with E-state index < -0.39 is 0 Å². The molecule has 5 aromatic rings. The molecular weight excluding hydrogens is 468 g/mol. The number of aromatic nitrogens is 6. The molecule has 0 radical (unpaired) electrons. The van der Waals surface area contributed by atoms with Crippen molar-refractivity contribution in [1.82, 2.24) is 34.4 Å². The van der Waals surface area contributed by atoms with Gasteiger partial charge in [-0.25, -0.2) is 4.68 Å². The maximum absolute atomic E-state index is 13.5. The van der Waals surface area contributed by atoms with Crippen LogP contribution in [0.4, 0.5) is 5.69 Å². The van der Waals surface area contributed by atoms with Gasteiger partial charge in [0.15, 0.2) is 5.65 Å². The van der Waals surface area contributed by atoms with Gasteiger partial charge in [-0.3, -0.25) is 4.79 Å². The summed E-state index contributed by atoms with van der Waals surface area (Å²) in [6, 6.07) is 17.9. The van der Waals surface area contributed by atoms with Crippen molar-refractivity contribution >= 4 is 33.7 Å². The molecule has 0 N–H and O–H groups in total. The molecular formula is C27H28N8O2. The zero-order chi connectivity index (χ0) is 25.5. The average Bonchev–Trinajstić information content (AvgIpc) is 3.44. The lowest BCUT2D eigenvalue weighted by Crippen LogP contribution is -2.49. The van der Waals surface area contributed by atoms with E-state index in [2.05, 4.69) is 26.3 Å². The van der Waals surface area contributed by atoms with Gasteiger partial charge < -0.3 is 19.1 Å². The van der Waals surface area contributed by atoms with Crippen molar-refractivity contribution in [2.45, 2.75) is 20.4 Å². The maximum Gasteiger partial charge on any atom is 0.272 e. The molecule has 0 bridgehead atoms. The quantitative estimate of drug-likeness (QED) is 0.369. The molecule has 1 aliphatic rings. The molecule has 0 unspecified atom stereocenters. The number of methoxy groups -OCH3 is 1. The molecule has 1 aliphatic heterocycles. The lowest BCUT2D eigenvalue weighted by Gasteiger charge is -2.36. The minimum atomic E-state index is 0.0496. The second-order valence-corrected chi connectivity index (χ2v) is 9.27. The Labute approximate surface area is 214 Å². The van der Waals surface area contributed by atoms with Gasteiger partial charge in [0.2, 0.25) is 5.91 Å². The van der Waals surface area contributed by atoms with Crippen LogP contribution in [0.5, 0.6) is 5.75 Å². The van der Waals surface area contributed by atoms with E-state index >= 15 is 0 Å². The van der Waals surface area contributed by atoms with Crippen LogP contribution in [-0.2, 0) is 11.3 Å². The predicted octanol–water partition coefficient (Wildman–Crippen LogP) is 3.14. The Morgan fingerprint density at radius 2 is 1.73 bits per heavy atom. The molecule has 6 rings (SSSR count). The van der Waals surface area contributed by atoms with E-state index in [1.807, 2.05) is 71.8 Å². The topological polar surface area (TPSA) is 94.2 Å². The minimum absolute atomic E-state index is 0.0496. The largest absolute Gasteiger partial charge is 0.495 e. The number of nitrogens with zero attached hydrogens (tertiary/aromatic N) is 8. The number of ether oxygens (including phenoxy) is 1. The summed E-state index contributed by atoms with van der Waals surface area (Å²) in [5.74, 6) is 1.28. The molecule has 10 heteroatoms. The Balaban J connectivity index is 1.29. The van der Waals surface area contributed by atoms with Crippen molar-refractivity contribution in [1.29, 1.82) is 0 Å². The van der Waals surface area contributed by atoms with Gasteiger partial charge in [-0.05, 0) is 38.1 Å². The Morgan fingerprint density at radius 1 is 0.973 bits per heavy atom. The van der Waals surface area contributed by atoms with Crippen molar-refractivity contribution < 1.29 is 9.53 Å². The second-order valence-electron chi connectivity index (χ2n) is 9.27. The molecule has 37 heavy (non-hydrogen) atoms. The monoisotopic (exact) mass is 496 g/mol. The Morgan fingerprint density at radius 3 is 2.49 bits per heavy atom. The number of hydrogen-bond acceptors (Lipinski definition) is 7. The number of hydrogen-bond donors (Lipinski definition) is 0. The highest BCUT2D eigenvalue weighted by molar-refractivity contribution is 6.04. The normalized spacial score (nSPS) is 14.0. The highest BCUT2D eigenvalue weighted by Gasteiger charge is 2.25. The van der Waals surface area contributed by atoms with Crippen LogP contribution in [0.1, 0.15) is 11.4 Å². The first kappa shape index (κ1) is 23.0. The van der Waals surface area contributed by atoms with Gasteiger partial charge in [0.05, 0.1) is 24.0 Å². The summed E-state index contributed by atoms with van der Waals surface area (Å²) in [4.78, 5) is 22.5. The van der Waals surface area contributed by atoms with Crippen molar-refractivity contribution in [3.05, 3.63) is 66.0 Å². The predicted molar refractivity (Wildman–Crippen MR) is 141 cm³/mol. The van der Waals surface area contributed by atoms with Crippen LogP contribution in [0.2, 0.25) is 0 Å². The van der Waals surface area contributed by atoms with E-state index in [0.717, 1.165) is 46.8 Å². The number of para-hydroxylation sites is 3. The molecule has 0 saturated carbocycles. The van der Waals surface area contributed by atoms with Crippen molar-refractivity contribution in [2.75, 3.05) is 38.2 Å². The van der Waals surface area contributed by atoms with Crippen LogP contribution < -0.4 is 9.64 Å². The first-order valence-electron chi connectivity index (χ1n) is 12.3. The molecule has 1 amide bonds. The molecule has 3 aromatic heterocycles. The van der Waals surface area contributed by atoms with Crippen LogP contribution in [0.25, 0.3) is 28.0 Å². The third kappa shape index (κ3) is 4.04. The summed E-state index contributed by atoms with van der Waals surface area (Å²) in [5, 5.41) is 14.3. The lowest BCUT2D eigenvalue weighted by atomic mass is 10.2. The Kier molecular flexibility index (Phi) is 5.71. The number of benzene rings is 2. The average molecular weight is 497 g/mol. The maximum atomic E-state index is 13.5. The standard InChI is InChI=1S/C27H28N8O2/c1-18-16-19(2)35(31-18)27-28-26-25(29-30-27)20-8-4-5-9-21(20)34(26)17-24(36)33-14-12-32(13-15-33)22-10-6-7-11-23(22)37-3/h4-11,16H,12-15,17H2,1-3H3. The van der Waals surface area contributed by atoms with E-state index in [0.29, 0.717) is 30.2 Å². The Hall–Kier alpha value is -4.47. The highest BCUT2D eigenvalue weighted by atomic mass is 16.5. The summed E-state index contributed by atoms with van der Waals surface area (Å²) in [6.45, 7) is 6.82. The molecule has 0 aliphatic carbocycles. The molecule has 1 fully saturated rings. The number of piperazine rings is 1. The van der Waals surface area contributed by atoms with Crippen molar-refractivity contribution in [3.63, 3.8) is 0 Å². The van der Waals surface area contributed by atoms with Gasteiger partial charge in [-0.15, -0.1) is 10.2 Å². The van der Waals surface area contributed by atoms with Gasteiger partial charge in [0.25, 0.3) is 5.95 Å². The number of aryl methyl sites for hydroxylation is 2. The smallest absolute Gasteiger partial charge is 0.272 e. The number of carbonyl (C=O) groups is 1. The van der Waals surface area contributed by atoms with E-state index in [1.54, 1.807) is 11.8 Å². The zero-order valence-electron chi connectivity index (χ0n) is 21.1. The van der Waals surface area contributed by atoms with Crippen molar-refractivity contribution in [3.8, 4) is 11.7 Å². The van der Waals surface area contributed by atoms with Gasteiger partial charge in [-0.2, -0.15) is 10.1 Å². The SMILES string of the molecule is COc1ccccc1N1CCN(C(=O)Cn2c3ccccc3c3nnc(-n4nc(C)cc4C)nc32)CC1. The van der Waals surface area contributed by atoms with Gasteiger partial charge in [0.1, 0.15) is 17.8 Å². The lowest BCUT2D eigenvalue weighted by molar-refractivity contribution is -0.132. The van der Waals surface area contributed by atoms with Crippen LogP contribution in [-0.4, -0.2) is 73.6 Å². The molecule has 1 saturated heterocycles. The minimum Gasteiger partial charge on any atom is -0.495 e. The summed E-state index contributed by atoms with van der Waals surface area (Å²) in [5.41, 5.74) is 5.06. The number of carbonyl (C=O) groups excluding carboxylic acids is 1. The van der Waals surface area contributed by atoms with Crippen molar-refractivity contribution in [2.24, 2.45) is 0 Å². The third-order valence-electron chi connectivity index (χ3n) is 6.91. The fourth-order valence-electron chi connectivity index (χ4n) is 5.10. The summed E-state index contributed by atoms with van der Waals surface area (Å²) < 4.78 is 9.16. The summed E-state index contributed by atoms with van der Waals surface area (Å²) >= 11 is 0. The second kappa shape index (κ2) is 9.20. The first-order valence-corrected chi connectivity index (χ1v) is 12.3. The van der Waals surface area contributed by atoms with E-state index in [4.69, 9.17) is 9.72 Å². The molecule has 188 valence electrons. The van der Waals surface area contributed by atoms with Crippen LogP contribution >= 0.6 is 0 Å². The number of anilines is 1. The molecule has 2 aromatic carbocycles. The van der Waals surface area contributed by atoms with Crippen LogP contribution in [0.15, 0.2) is 54.6 Å². The molecule has 0 atom stereocenters. The van der Waals surface area contributed by atoms with Crippen LogP contribution in [0, 0.1) is 13.8 Å². The van der Waals surface area contributed by atoms with E-state index in [1.165, 1.54) is 0 Å². The van der Waals surface area contributed by atoms with Gasteiger partial charge in [-0.1, -0.05) is 30.3 Å². The van der Waals surface area contributed by atoms with Crippen LogP contribution in [0.3, 0.4) is 0 Å². The van der Waals surface area contributed by atoms with Gasteiger partial charge >= 0.3 is 0 Å². The fraction of sp³-hybridized carbons (Fsp3) is 0.296. The Bertz CT molecular complexity index is 1610. The zero-order valence-corrected chi connectivity index (χ0v) is 21.1. The number of fused-ring (bicyclic) bond motifs is 3. The van der Waals surface area contributed by atoms with E-state index in [-0.39, 0.29) is 12.5 Å². The van der Waals surface area contributed by atoms with E-state index in [9.17, 15) is 4.79 Å². The third-order valence-corrected chi connectivity index (χ3v) is 6.91. The molecule has 0 spiro atoms. The number of amides is 1.